The van der Waals surface area contributed by atoms with Crippen LogP contribution in [0.3, 0.4) is 0 Å². The molecule has 2 atom stereocenters. The molecule has 0 radical (unpaired) electrons. The topological polar surface area (TPSA) is 76.5 Å². The highest BCUT2D eigenvalue weighted by Gasteiger charge is 2.53. The van der Waals surface area contributed by atoms with Gasteiger partial charge < -0.3 is 9.84 Å². The predicted octanol–water partition coefficient (Wildman–Crippen LogP) is 1.33. The minimum atomic E-state index is -3.04. The van der Waals surface area contributed by atoms with Crippen LogP contribution < -0.4 is 4.74 Å². The summed E-state index contributed by atoms with van der Waals surface area (Å²) in [7, 11) is -1.48. The van der Waals surface area contributed by atoms with Crippen molar-refractivity contribution >= 4 is 9.84 Å². The number of aromatic nitrogens is 1. The molecule has 2 aliphatic rings. The van der Waals surface area contributed by atoms with Crippen molar-refractivity contribution < 1.29 is 18.3 Å². The normalized spacial score (nSPS) is 35.0. The number of pyridine rings is 1. The van der Waals surface area contributed by atoms with Gasteiger partial charge in [0.15, 0.2) is 9.84 Å². The molecule has 1 aromatic rings. The van der Waals surface area contributed by atoms with Gasteiger partial charge in [-0.3, -0.25) is 0 Å². The first kappa shape index (κ1) is 13.8. The molecule has 1 aromatic heterocycles. The molecular formula is C14H19NO4S. The van der Waals surface area contributed by atoms with E-state index in [0.29, 0.717) is 24.3 Å². The highest BCUT2D eigenvalue weighted by Crippen LogP contribution is 2.47. The second-order valence-corrected chi connectivity index (χ2v) is 8.41. The molecule has 2 fully saturated rings. The number of hydrogen-bond acceptors (Lipinski definition) is 5. The van der Waals surface area contributed by atoms with E-state index in [4.69, 9.17) is 4.74 Å². The van der Waals surface area contributed by atoms with Gasteiger partial charge >= 0.3 is 0 Å². The fourth-order valence-corrected chi connectivity index (χ4v) is 6.00. The quantitative estimate of drug-likeness (QED) is 0.891. The highest BCUT2D eigenvalue weighted by atomic mass is 32.2. The summed E-state index contributed by atoms with van der Waals surface area (Å²) in [6.07, 6.45) is 3.48. The second kappa shape index (κ2) is 4.43. The third-order valence-electron chi connectivity index (χ3n) is 4.63. The SMILES string of the molecule is COc1ncc(C2(O)CC3CCC(C2)S3(=O)=O)cc1C. The lowest BCUT2D eigenvalue weighted by atomic mass is 9.86. The zero-order valence-electron chi connectivity index (χ0n) is 11.7. The Kier molecular flexibility index (Phi) is 3.06. The number of hydrogen-bond donors (Lipinski definition) is 1. The first-order valence-electron chi connectivity index (χ1n) is 6.83. The summed E-state index contributed by atoms with van der Waals surface area (Å²) in [5, 5.41) is 10.1. The van der Waals surface area contributed by atoms with E-state index in [0.717, 1.165) is 5.56 Å². The van der Waals surface area contributed by atoms with Gasteiger partial charge in [-0.05, 0) is 38.7 Å². The van der Waals surface area contributed by atoms with Crippen molar-refractivity contribution in [1.82, 2.24) is 4.98 Å². The van der Waals surface area contributed by atoms with Crippen molar-refractivity contribution in [1.29, 1.82) is 0 Å². The molecule has 1 N–H and O–H groups in total. The van der Waals surface area contributed by atoms with Gasteiger partial charge in [-0.25, -0.2) is 13.4 Å². The molecule has 2 unspecified atom stereocenters. The predicted molar refractivity (Wildman–Crippen MR) is 74.4 cm³/mol. The smallest absolute Gasteiger partial charge is 0.215 e. The van der Waals surface area contributed by atoms with E-state index < -0.39 is 25.9 Å². The third-order valence-corrected chi connectivity index (χ3v) is 7.29. The number of nitrogens with zero attached hydrogens (tertiary/aromatic N) is 1. The molecule has 110 valence electrons. The van der Waals surface area contributed by atoms with E-state index in [1.165, 1.54) is 0 Å². The number of rotatable bonds is 2. The van der Waals surface area contributed by atoms with Crippen molar-refractivity contribution in [2.45, 2.75) is 48.7 Å². The maximum absolute atomic E-state index is 12.1. The van der Waals surface area contributed by atoms with Crippen LogP contribution in [0.1, 0.15) is 36.8 Å². The van der Waals surface area contributed by atoms with E-state index in [1.807, 2.05) is 13.0 Å². The van der Waals surface area contributed by atoms with Crippen molar-refractivity contribution in [3.05, 3.63) is 23.4 Å². The van der Waals surface area contributed by atoms with E-state index >= 15 is 0 Å². The Morgan fingerprint density at radius 1 is 1.35 bits per heavy atom. The van der Waals surface area contributed by atoms with Crippen LogP contribution in [0.4, 0.5) is 0 Å². The molecule has 2 saturated heterocycles. The van der Waals surface area contributed by atoms with Gasteiger partial charge in [0.25, 0.3) is 0 Å². The van der Waals surface area contributed by atoms with Crippen LogP contribution in [0.2, 0.25) is 0 Å². The molecular weight excluding hydrogens is 278 g/mol. The van der Waals surface area contributed by atoms with Gasteiger partial charge in [0, 0.05) is 17.3 Å². The average Bonchev–Trinajstić information content (AvgIpc) is 2.59. The van der Waals surface area contributed by atoms with Crippen LogP contribution in [0.15, 0.2) is 12.3 Å². The molecule has 3 heterocycles. The number of sulfone groups is 1. The number of aryl methyl sites for hydroxylation is 1. The molecule has 6 heteroatoms. The molecule has 2 bridgehead atoms. The van der Waals surface area contributed by atoms with Gasteiger partial charge in [0.05, 0.1) is 23.2 Å². The van der Waals surface area contributed by atoms with Crippen molar-refractivity contribution in [2.75, 3.05) is 7.11 Å². The molecule has 0 aromatic carbocycles. The van der Waals surface area contributed by atoms with E-state index in [-0.39, 0.29) is 12.8 Å². The zero-order chi connectivity index (χ0) is 14.5. The lowest BCUT2D eigenvalue weighted by Crippen LogP contribution is -2.43. The summed E-state index contributed by atoms with van der Waals surface area (Å²) < 4.78 is 29.3. The van der Waals surface area contributed by atoms with Crippen LogP contribution >= 0.6 is 0 Å². The van der Waals surface area contributed by atoms with Crippen molar-refractivity contribution in [3.63, 3.8) is 0 Å². The molecule has 2 aliphatic heterocycles. The monoisotopic (exact) mass is 297 g/mol. The van der Waals surface area contributed by atoms with E-state index in [9.17, 15) is 13.5 Å². The van der Waals surface area contributed by atoms with Gasteiger partial charge in [0.1, 0.15) is 0 Å². The van der Waals surface area contributed by atoms with Crippen molar-refractivity contribution in [3.8, 4) is 5.88 Å². The molecule has 3 rings (SSSR count). The molecule has 0 aliphatic carbocycles. The first-order valence-corrected chi connectivity index (χ1v) is 8.44. The largest absolute Gasteiger partial charge is 0.481 e. The van der Waals surface area contributed by atoms with Crippen LogP contribution in [0.5, 0.6) is 5.88 Å². The van der Waals surface area contributed by atoms with Crippen molar-refractivity contribution in [2.24, 2.45) is 0 Å². The Labute approximate surface area is 118 Å². The van der Waals surface area contributed by atoms with E-state index in [1.54, 1.807) is 13.3 Å². The summed E-state index contributed by atoms with van der Waals surface area (Å²) in [5.74, 6) is 0.531. The minimum absolute atomic E-state index is 0.277. The minimum Gasteiger partial charge on any atom is -0.481 e. The van der Waals surface area contributed by atoms with Gasteiger partial charge in [-0.15, -0.1) is 0 Å². The zero-order valence-corrected chi connectivity index (χ0v) is 12.5. The lowest BCUT2D eigenvalue weighted by Gasteiger charge is -2.36. The van der Waals surface area contributed by atoms with Gasteiger partial charge in [-0.2, -0.15) is 0 Å². The average molecular weight is 297 g/mol. The lowest BCUT2D eigenvalue weighted by molar-refractivity contribution is 0.0169. The number of methoxy groups -OCH3 is 1. The Morgan fingerprint density at radius 3 is 2.45 bits per heavy atom. The van der Waals surface area contributed by atoms with Crippen LogP contribution in [-0.2, 0) is 15.4 Å². The Bertz CT molecular complexity index is 621. The Morgan fingerprint density at radius 2 is 1.95 bits per heavy atom. The fourth-order valence-electron chi connectivity index (χ4n) is 3.51. The summed E-state index contributed by atoms with van der Waals surface area (Å²) in [6, 6.07) is 1.85. The Balaban J connectivity index is 1.97. The maximum Gasteiger partial charge on any atom is 0.215 e. The summed E-state index contributed by atoms with van der Waals surface area (Å²) in [4.78, 5) is 4.19. The number of fused-ring (bicyclic) bond motifs is 2. The summed E-state index contributed by atoms with van der Waals surface area (Å²) in [5.41, 5.74) is 0.461. The van der Waals surface area contributed by atoms with Crippen LogP contribution in [-0.4, -0.2) is 36.1 Å². The first-order chi connectivity index (χ1) is 9.37. The fraction of sp³-hybridized carbons (Fsp3) is 0.643. The molecule has 0 spiro atoms. The second-order valence-electron chi connectivity index (χ2n) is 5.90. The molecule has 0 saturated carbocycles. The number of aliphatic hydroxyl groups is 1. The molecule has 0 amide bonds. The van der Waals surface area contributed by atoms with Crippen LogP contribution in [0.25, 0.3) is 0 Å². The Hall–Kier alpha value is -1.14. The van der Waals surface area contributed by atoms with Crippen LogP contribution in [0, 0.1) is 6.92 Å². The highest BCUT2D eigenvalue weighted by molar-refractivity contribution is 7.93. The molecule has 20 heavy (non-hydrogen) atoms. The van der Waals surface area contributed by atoms with E-state index in [2.05, 4.69) is 4.98 Å². The summed E-state index contributed by atoms with van der Waals surface area (Å²) in [6.45, 7) is 1.87. The third kappa shape index (κ3) is 1.93. The van der Waals surface area contributed by atoms with Gasteiger partial charge in [-0.1, -0.05) is 0 Å². The summed E-state index contributed by atoms with van der Waals surface area (Å²) >= 11 is 0. The molecule has 5 nitrogen and oxygen atoms in total. The number of ether oxygens (including phenoxy) is 1. The maximum atomic E-state index is 12.1. The van der Waals surface area contributed by atoms with Gasteiger partial charge in [0.2, 0.25) is 5.88 Å². The standard InChI is InChI=1S/C14H19NO4S/c1-9-5-10(8-15-13(9)19-2)14(16)6-11-3-4-12(7-14)20(11,17)18/h5,8,11-12,16H,3-4,6-7H2,1-2H3.